The van der Waals surface area contributed by atoms with Crippen LogP contribution in [-0.2, 0) is 4.79 Å². The quantitative estimate of drug-likeness (QED) is 0.339. The molecule has 0 aliphatic carbocycles. The molecule has 0 bridgehead atoms. The average Bonchev–Trinajstić information content (AvgIpc) is 2.44. The zero-order valence-electron chi connectivity index (χ0n) is 10.2. The zero-order chi connectivity index (χ0) is 14.3. The van der Waals surface area contributed by atoms with Gasteiger partial charge in [0.15, 0.2) is 0 Å². The molecule has 0 saturated heterocycles. The minimum absolute atomic E-state index is 0.405. The summed E-state index contributed by atoms with van der Waals surface area (Å²) in [6.45, 7) is -0.692. The fourth-order valence-corrected chi connectivity index (χ4v) is 1.39. The van der Waals surface area contributed by atoms with Crippen LogP contribution in [0.4, 0.5) is 5.69 Å². The number of hydrogen-bond acceptors (Lipinski definition) is 6. The van der Waals surface area contributed by atoms with Crippen molar-refractivity contribution in [3.63, 3.8) is 0 Å². The number of rotatable bonds is 7. The molecule has 7 heteroatoms. The van der Waals surface area contributed by atoms with Gasteiger partial charge in [0.1, 0.15) is 12.2 Å². The largest absolute Gasteiger partial charge is 0.394 e. The van der Waals surface area contributed by atoms with E-state index in [0.717, 1.165) is 0 Å². The Hall–Kier alpha value is -1.67. The Kier molecular flexibility index (Phi) is 6.23. The number of benzene rings is 1. The summed E-state index contributed by atoms with van der Waals surface area (Å²) < 4.78 is 0. The maximum Gasteiger partial charge on any atom is 0.241 e. The predicted octanol–water partition coefficient (Wildman–Crippen LogP) is -1.41. The Bertz CT molecular complexity index is 387. The van der Waals surface area contributed by atoms with Gasteiger partial charge in [0.2, 0.25) is 5.91 Å². The van der Waals surface area contributed by atoms with Crippen molar-refractivity contribution in [3.05, 3.63) is 30.3 Å². The Balaban J connectivity index is 2.35. The van der Waals surface area contributed by atoms with Gasteiger partial charge in [0.05, 0.1) is 24.8 Å². The number of hydrogen-bond donors (Lipinski definition) is 6. The monoisotopic (exact) mass is 270 g/mol. The highest BCUT2D eigenvalue weighted by atomic mass is 16.4. The first-order valence-corrected chi connectivity index (χ1v) is 5.79. The summed E-state index contributed by atoms with van der Waals surface area (Å²) in [5.74, 6) is -0.555. The minimum Gasteiger partial charge on any atom is -0.394 e. The van der Waals surface area contributed by atoms with Gasteiger partial charge in [0.25, 0.3) is 0 Å². The van der Waals surface area contributed by atoms with E-state index in [1.807, 2.05) is 6.07 Å². The molecule has 6 N–H and O–H groups in total. The average molecular weight is 270 g/mol. The van der Waals surface area contributed by atoms with E-state index in [1.165, 1.54) is 0 Å². The fraction of sp³-hybridized carbons (Fsp3) is 0.417. The Morgan fingerprint density at radius 3 is 2.32 bits per heavy atom. The lowest BCUT2D eigenvalue weighted by atomic mass is 10.1. The Morgan fingerprint density at radius 2 is 1.74 bits per heavy atom. The van der Waals surface area contributed by atoms with Gasteiger partial charge in [0, 0.05) is 0 Å². The lowest BCUT2D eigenvalue weighted by Crippen LogP contribution is -2.43. The van der Waals surface area contributed by atoms with Crippen LogP contribution in [-0.4, -0.2) is 51.3 Å². The molecule has 0 radical (unpaired) electrons. The van der Waals surface area contributed by atoms with Crippen molar-refractivity contribution in [2.45, 2.75) is 24.7 Å². The molecule has 0 aliphatic rings. The molecule has 0 spiro atoms. The van der Waals surface area contributed by atoms with Gasteiger partial charge in [-0.25, -0.2) is 0 Å². The van der Waals surface area contributed by atoms with E-state index >= 15 is 0 Å². The highest BCUT2D eigenvalue weighted by Gasteiger charge is 2.25. The number of carbonyl (C=O) groups excluding carboxylic acids is 1. The second-order valence-corrected chi connectivity index (χ2v) is 4.05. The van der Waals surface area contributed by atoms with Crippen LogP contribution in [0.15, 0.2) is 30.3 Å². The van der Waals surface area contributed by atoms with E-state index in [1.54, 1.807) is 24.3 Å². The van der Waals surface area contributed by atoms with Crippen LogP contribution in [0.1, 0.15) is 6.42 Å². The van der Waals surface area contributed by atoms with Crippen molar-refractivity contribution < 1.29 is 25.2 Å². The van der Waals surface area contributed by atoms with Crippen molar-refractivity contribution in [2.24, 2.45) is 0 Å². The summed E-state index contributed by atoms with van der Waals surface area (Å²) in [5, 5.41) is 36.6. The Labute approximate surface area is 110 Å². The van der Waals surface area contributed by atoms with E-state index < -0.39 is 37.2 Å². The summed E-state index contributed by atoms with van der Waals surface area (Å²) in [6.07, 6.45) is -4.92. The Morgan fingerprint density at radius 1 is 1.11 bits per heavy atom. The second-order valence-electron chi connectivity index (χ2n) is 4.05. The van der Waals surface area contributed by atoms with Gasteiger partial charge < -0.3 is 20.4 Å². The van der Waals surface area contributed by atoms with Gasteiger partial charge in [-0.15, -0.1) is 0 Å². The minimum atomic E-state index is -1.58. The normalized spacial score (nSPS) is 15.4. The molecule has 1 amide bonds. The SMILES string of the molecule is O=C(C[C@@H](O)[C@@H](O)[C@@H](O)CO)NNc1ccccc1. The third-order valence-corrected chi connectivity index (χ3v) is 2.49. The van der Waals surface area contributed by atoms with Gasteiger partial charge in [-0.3, -0.25) is 15.6 Å². The number of nitrogens with one attached hydrogen (secondary N) is 2. The first-order valence-electron chi connectivity index (χ1n) is 5.79. The van der Waals surface area contributed by atoms with Crippen LogP contribution < -0.4 is 10.9 Å². The summed E-state index contributed by atoms with van der Waals surface area (Å²) in [5.41, 5.74) is 5.63. The van der Waals surface area contributed by atoms with Crippen molar-refractivity contribution in [1.29, 1.82) is 0 Å². The summed E-state index contributed by atoms with van der Waals surface area (Å²) in [4.78, 5) is 11.5. The van der Waals surface area contributed by atoms with Crippen molar-refractivity contribution >= 4 is 11.6 Å². The molecule has 0 heterocycles. The molecule has 106 valence electrons. The zero-order valence-corrected chi connectivity index (χ0v) is 10.2. The molecule has 0 unspecified atom stereocenters. The molecule has 0 aliphatic heterocycles. The molecule has 0 aromatic heterocycles. The first-order chi connectivity index (χ1) is 9.04. The number of carbonyl (C=O) groups is 1. The predicted molar refractivity (Wildman–Crippen MR) is 67.9 cm³/mol. The molecule has 7 nitrogen and oxygen atoms in total. The summed E-state index contributed by atoms with van der Waals surface area (Å²) >= 11 is 0. The highest BCUT2D eigenvalue weighted by Crippen LogP contribution is 2.05. The van der Waals surface area contributed by atoms with Crippen LogP contribution in [0.25, 0.3) is 0 Å². The second kappa shape index (κ2) is 7.70. The molecule has 1 rings (SSSR count). The maximum absolute atomic E-state index is 11.5. The summed E-state index contributed by atoms with van der Waals surface area (Å²) in [7, 11) is 0. The van der Waals surface area contributed by atoms with Gasteiger partial charge in [-0.1, -0.05) is 18.2 Å². The first kappa shape index (κ1) is 15.4. The van der Waals surface area contributed by atoms with E-state index in [2.05, 4.69) is 10.9 Å². The smallest absolute Gasteiger partial charge is 0.241 e. The number of aliphatic hydroxyl groups excluding tert-OH is 4. The van der Waals surface area contributed by atoms with Gasteiger partial charge in [-0.05, 0) is 12.1 Å². The van der Waals surface area contributed by atoms with Crippen LogP contribution in [0, 0.1) is 0 Å². The number of amides is 1. The van der Waals surface area contributed by atoms with Gasteiger partial charge in [-0.2, -0.15) is 0 Å². The molecule has 1 aromatic carbocycles. The van der Waals surface area contributed by atoms with E-state index in [4.69, 9.17) is 10.2 Å². The van der Waals surface area contributed by atoms with Gasteiger partial charge >= 0.3 is 0 Å². The summed E-state index contributed by atoms with van der Waals surface area (Å²) in [6, 6.07) is 8.86. The standard InChI is InChI=1S/C12H18N2O5/c15-7-10(17)12(19)9(16)6-11(18)14-13-8-4-2-1-3-5-8/h1-5,9-10,12-13,15-17,19H,6-7H2,(H,14,18)/t9-,10+,12-/m1/s1. The fourth-order valence-electron chi connectivity index (χ4n) is 1.39. The lowest BCUT2D eigenvalue weighted by molar-refractivity contribution is -0.127. The topological polar surface area (TPSA) is 122 Å². The van der Waals surface area contributed by atoms with E-state index in [9.17, 15) is 15.0 Å². The van der Waals surface area contributed by atoms with E-state index in [-0.39, 0.29) is 0 Å². The third kappa shape index (κ3) is 5.23. The van der Waals surface area contributed by atoms with Crippen LogP contribution in [0.5, 0.6) is 0 Å². The van der Waals surface area contributed by atoms with Crippen LogP contribution in [0.3, 0.4) is 0 Å². The number of para-hydroxylation sites is 1. The lowest BCUT2D eigenvalue weighted by Gasteiger charge is -2.21. The van der Waals surface area contributed by atoms with Crippen molar-refractivity contribution in [1.82, 2.24) is 5.43 Å². The molecule has 1 aromatic rings. The molecular formula is C12H18N2O5. The van der Waals surface area contributed by atoms with Crippen molar-refractivity contribution in [2.75, 3.05) is 12.0 Å². The molecule has 0 saturated carbocycles. The number of hydrazine groups is 1. The maximum atomic E-state index is 11.5. The highest BCUT2D eigenvalue weighted by molar-refractivity contribution is 5.77. The molecule has 3 atom stereocenters. The number of aliphatic hydroxyl groups is 4. The van der Waals surface area contributed by atoms with Crippen LogP contribution in [0.2, 0.25) is 0 Å². The van der Waals surface area contributed by atoms with E-state index in [0.29, 0.717) is 5.69 Å². The molecular weight excluding hydrogens is 252 g/mol. The third-order valence-electron chi connectivity index (χ3n) is 2.49. The van der Waals surface area contributed by atoms with Crippen molar-refractivity contribution in [3.8, 4) is 0 Å². The molecule has 0 fully saturated rings. The molecule has 19 heavy (non-hydrogen) atoms. The van der Waals surface area contributed by atoms with Crippen LogP contribution >= 0.6 is 0 Å². The number of anilines is 1.